The van der Waals surface area contributed by atoms with Crippen molar-refractivity contribution in [2.45, 2.75) is 92.8 Å². The number of aryl methyl sites for hydroxylation is 2. The molecule has 0 unspecified atom stereocenters. The molecule has 12 rings (SSSR count). The SMILES string of the molecule is Cc1c[c-]c(-c2nc3ccccc3n2-c2c(C(C)C)cccc2C(C)C)cc1-c1ccccc1.[2H]C([2H])([2H])c1c[c-]c(-c2nc3ccccc3n2-c2c(C(C)C)cccc2C(C)C)c2oc3cc(-c4ccccc4)ccc3c12.[Ir]. The van der Waals surface area contributed by atoms with E-state index < -0.39 is 6.85 Å². The van der Waals surface area contributed by atoms with Crippen LogP contribution in [0, 0.1) is 25.9 Å². The summed E-state index contributed by atoms with van der Waals surface area (Å²) < 4.78 is 36.4. The van der Waals surface area contributed by atoms with E-state index in [-0.39, 0.29) is 37.5 Å². The molecule has 9 aromatic carbocycles. The molecule has 0 aliphatic carbocycles. The first-order valence-corrected chi connectivity index (χ1v) is 26.4. The van der Waals surface area contributed by atoms with Gasteiger partial charge in [-0.3, -0.25) is 9.97 Å². The minimum absolute atomic E-state index is 0. The van der Waals surface area contributed by atoms with Crippen molar-refractivity contribution in [3.63, 3.8) is 0 Å². The fraction of sp³-hybridized carbons (Fsp3) is 0.200. The molecule has 76 heavy (non-hydrogen) atoms. The monoisotopic (exact) mass is 1170 g/mol. The smallest absolute Gasteiger partial charge is 0.121 e. The van der Waals surface area contributed by atoms with Crippen molar-refractivity contribution >= 4 is 44.0 Å². The molecular formula is C70H64IrN4O-2. The van der Waals surface area contributed by atoms with Crippen molar-refractivity contribution < 1.29 is 28.6 Å². The Bertz CT molecular complexity index is 4110. The molecule has 381 valence electrons. The van der Waals surface area contributed by atoms with Gasteiger partial charge in [0.05, 0.1) is 39.3 Å². The van der Waals surface area contributed by atoms with Gasteiger partial charge in [0.25, 0.3) is 0 Å². The molecule has 0 saturated carbocycles. The Balaban J connectivity index is 0.000000182. The zero-order valence-electron chi connectivity index (χ0n) is 47.7. The molecule has 12 aromatic rings. The third kappa shape index (κ3) is 9.44. The maximum Gasteiger partial charge on any atom is 0.121 e. The number of hydrogen-bond donors (Lipinski definition) is 0. The second-order valence-electron chi connectivity index (χ2n) is 21.0. The van der Waals surface area contributed by atoms with E-state index in [1.807, 2.05) is 54.6 Å². The van der Waals surface area contributed by atoms with Crippen LogP contribution in [0.25, 0.3) is 100 Å². The summed E-state index contributed by atoms with van der Waals surface area (Å²) in [4.78, 5) is 10.3. The minimum Gasteiger partial charge on any atom is -0.501 e. The van der Waals surface area contributed by atoms with Crippen LogP contribution < -0.4 is 0 Å². The minimum atomic E-state index is -2.35. The number of furan rings is 1. The van der Waals surface area contributed by atoms with Gasteiger partial charge in [-0.25, -0.2) is 0 Å². The zero-order valence-corrected chi connectivity index (χ0v) is 47.1. The van der Waals surface area contributed by atoms with E-state index in [1.54, 1.807) is 6.07 Å². The fourth-order valence-corrected chi connectivity index (χ4v) is 10.8. The quantitative estimate of drug-likeness (QED) is 0.128. The van der Waals surface area contributed by atoms with E-state index >= 15 is 0 Å². The number of hydrogen-bond acceptors (Lipinski definition) is 3. The fourth-order valence-electron chi connectivity index (χ4n) is 10.8. The second kappa shape index (κ2) is 21.5. The van der Waals surface area contributed by atoms with Crippen LogP contribution in [0.1, 0.15) is 117 Å². The van der Waals surface area contributed by atoms with Crippen LogP contribution in [0.5, 0.6) is 0 Å². The van der Waals surface area contributed by atoms with Gasteiger partial charge < -0.3 is 13.6 Å². The largest absolute Gasteiger partial charge is 0.501 e. The van der Waals surface area contributed by atoms with Gasteiger partial charge in [0.15, 0.2) is 0 Å². The van der Waals surface area contributed by atoms with Gasteiger partial charge >= 0.3 is 0 Å². The standard InChI is InChI=1S/C38H33N2O.C32H31N2.Ir/c1-23(2)28-14-11-15-29(24(3)4)36(28)40-33-17-10-9-16-32(33)39-38(40)31-20-18-25(5)35-30-21-19-27(22-34(30)41-37(31)35)26-12-7-6-8-13-26;1-21(2)26-14-11-15-27(22(3)4)31(26)34-30-17-10-9-16-29(30)33-32(34)25-19-18-23(5)28(20-25)24-12-7-6-8-13-24;/h6-19,21-24H,1-5H3;6-18,20-22H,1-5H3;/q2*-1;/i5D3;;. The van der Waals surface area contributed by atoms with E-state index in [9.17, 15) is 0 Å². The molecule has 3 aromatic heterocycles. The molecule has 1 radical (unpaired) electrons. The van der Waals surface area contributed by atoms with Crippen LogP contribution in [0.2, 0.25) is 0 Å². The third-order valence-corrected chi connectivity index (χ3v) is 14.6. The third-order valence-electron chi connectivity index (χ3n) is 14.6. The predicted octanol–water partition coefficient (Wildman–Crippen LogP) is 19.3. The average Bonchev–Trinajstić information content (AvgIpc) is 4.24. The van der Waals surface area contributed by atoms with Gasteiger partial charge in [-0.05, 0) is 92.9 Å². The summed E-state index contributed by atoms with van der Waals surface area (Å²) in [5, 5.41) is 1.34. The summed E-state index contributed by atoms with van der Waals surface area (Å²) in [7, 11) is 0. The Kier molecular flexibility index (Phi) is 13.6. The van der Waals surface area contributed by atoms with Crippen molar-refractivity contribution in [2.24, 2.45) is 0 Å². The molecule has 5 nitrogen and oxygen atoms in total. The maximum absolute atomic E-state index is 8.39. The van der Waals surface area contributed by atoms with Crippen LogP contribution in [-0.4, -0.2) is 19.1 Å². The maximum atomic E-state index is 8.39. The van der Waals surface area contributed by atoms with E-state index in [2.05, 4.69) is 205 Å². The van der Waals surface area contributed by atoms with Gasteiger partial charge in [0.2, 0.25) is 0 Å². The summed E-state index contributed by atoms with van der Waals surface area (Å²) in [6.45, 7) is 17.7. The average molecular weight is 1170 g/mol. The summed E-state index contributed by atoms with van der Waals surface area (Å²) in [6.07, 6.45) is 0. The van der Waals surface area contributed by atoms with E-state index in [4.69, 9.17) is 18.5 Å². The topological polar surface area (TPSA) is 48.8 Å². The van der Waals surface area contributed by atoms with Crippen molar-refractivity contribution in [2.75, 3.05) is 0 Å². The molecule has 0 amide bonds. The Labute approximate surface area is 465 Å². The number of fused-ring (bicyclic) bond motifs is 5. The van der Waals surface area contributed by atoms with Crippen molar-refractivity contribution in [3.8, 4) is 56.4 Å². The zero-order chi connectivity index (χ0) is 54.6. The van der Waals surface area contributed by atoms with Gasteiger partial charge in [-0.2, -0.15) is 0 Å². The molecule has 6 heteroatoms. The first-order valence-electron chi connectivity index (χ1n) is 27.9. The Morgan fingerprint density at radius 3 is 1.51 bits per heavy atom. The molecule has 0 aliphatic rings. The molecule has 0 N–H and O–H groups in total. The molecule has 0 fully saturated rings. The van der Waals surface area contributed by atoms with Crippen molar-refractivity contribution in [1.82, 2.24) is 19.1 Å². The van der Waals surface area contributed by atoms with Crippen molar-refractivity contribution in [3.05, 3.63) is 228 Å². The summed E-state index contributed by atoms with van der Waals surface area (Å²) in [5.74, 6) is 2.93. The van der Waals surface area contributed by atoms with Crippen LogP contribution in [-0.2, 0) is 20.1 Å². The summed E-state index contributed by atoms with van der Waals surface area (Å²) in [6, 6.07) is 69.3. The molecule has 0 spiro atoms. The summed E-state index contributed by atoms with van der Waals surface area (Å²) in [5.41, 5.74) is 20.1. The Morgan fingerprint density at radius 2 is 0.974 bits per heavy atom. The number of benzene rings is 9. The molecule has 0 saturated heterocycles. The van der Waals surface area contributed by atoms with Crippen LogP contribution >= 0.6 is 0 Å². The predicted molar refractivity (Wildman–Crippen MR) is 315 cm³/mol. The molecule has 0 aliphatic heterocycles. The van der Waals surface area contributed by atoms with Crippen LogP contribution in [0.3, 0.4) is 0 Å². The Hall–Kier alpha value is -7.63. The Morgan fingerprint density at radius 1 is 0.487 bits per heavy atom. The van der Waals surface area contributed by atoms with Crippen LogP contribution in [0.4, 0.5) is 0 Å². The summed E-state index contributed by atoms with van der Waals surface area (Å²) >= 11 is 0. The molecule has 3 heterocycles. The first-order chi connectivity index (χ1) is 37.6. The second-order valence-corrected chi connectivity index (χ2v) is 21.0. The normalized spacial score (nSPS) is 12.4. The molecular weight excluding hydrogens is 1110 g/mol. The van der Waals surface area contributed by atoms with E-state index in [0.29, 0.717) is 39.8 Å². The van der Waals surface area contributed by atoms with Gasteiger partial charge in [-0.1, -0.05) is 219 Å². The van der Waals surface area contributed by atoms with Gasteiger partial charge in [0, 0.05) is 41.0 Å². The van der Waals surface area contributed by atoms with Gasteiger partial charge in [-0.15, -0.1) is 47.0 Å². The van der Waals surface area contributed by atoms with Crippen molar-refractivity contribution in [1.29, 1.82) is 0 Å². The van der Waals surface area contributed by atoms with E-state index in [1.165, 1.54) is 44.6 Å². The van der Waals surface area contributed by atoms with Gasteiger partial charge in [0.1, 0.15) is 5.58 Å². The number of nitrogens with zero attached hydrogens (tertiary/aromatic N) is 4. The van der Waals surface area contributed by atoms with Crippen LogP contribution in [0.15, 0.2) is 186 Å². The van der Waals surface area contributed by atoms with E-state index in [0.717, 1.165) is 55.7 Å². The molecule has 0 atom stereocenters. The number of para-hydroxylation sites is 6. The number of imidazole rings is 2. The number of aromatic nitrogens is 4. The molecule has 0 bridgehead atoms. The number of rotatable bonds is 10. The first kappa shape index (κ1) is 48.0.